The molecule has 2 N–H and O–H groups in total. The molecular formula is C11H20N4O2. The molecule has 6 nitrogen and oxygen atoms in total. The highest BCUT2D eigenvalue weighted by molar-refractivity contribution is 5.29. The Kier molecular flexibility index (Phi) is 6.46. The lowest BCUT2D eigenvalue weighted by molar-refractivity contribution is 0.0771. The van der Waals surface area contributed by atoms with Gasteiger partial charge in [-0.3, -0.25) is 9.88 Å². The minimum Gasteiger partial charge on any atom is -0.394 e. The molecule has 17 heavy (non-hydrogen) atoms. The number of likely N-dealkylation sites (N-methyl/N-ethyl adjacent to an activating group) is 1. The van der Waals surface area contributed by atoms with Crippen LogP contribution in [0.3, 0.4) is 0 Å². The van der Waals surface area contributed by atoms with Gasteiger partial charge in [-0.15, -0.1) is 0 Å². The van der Waals surface area contributed by atoms with E-state index >= 15 is 0 Å². The quantitative estimate of drug-likeness (QED) is 0.621. The van der Waals surface area contributed by atoms with Gasteiger partial charge in [0.05, 0.1) is 37.9 Å². The van der Waals surface area contributed by atoms with Crippen LogP contribution in [0.25, 0.3) is 0 Å². The summed E-state index contributed by atoms with van der Waals surface area (Å²) in [6.07, 6.45) is 3.47. The Morgan fingerprint density at radius 3 is 2.76 bits per heavy atom. The molecule has 0 aliphatic rings. The number of nitrogens with zero attached hydrogens (tertiary/aromatic N) is 3. The fourth-order valence-corrected chi connectivity index (χ4v) is 1.31. The average Bonchev–Trinajstić information content (AvgIpc) is 2.36. The predicted octanol–water partition coefficient (Wildman–Crippen LogP) is -0.0410. The molecular weight excluding hydrogens is 220 g/mol. The maximum absolute atomic E-state index is 8.55. The van der Waals surface area contributed by atoms with E-state index in [-0.39, 0.29) is 6.61 Å². The summed E-state index contributed by atoms with van der Waals surface area (Å²) in [5.41, 5.74) is 0.925. The highest BCUT2D eigenvalue weighted by Gasteiger charge is 2.02. The monoisotopic (exact) mass is 240 g/mol. The summed E-state index contributed by atoms with van der Waals surface area (Å²) in [6, 6.07) is 0. The summed E-state index contributed by atoms with van der Waals surface area (Å²) in [7, 11) is 3.81. The average molecular weight is 240 g/mol. The van der Waals surface area contributed by atoms with Crippen LogP contribution in [0.2, 0.25) is 0 Å². The zero-order valence-electron chi connectivity index (χ0n) is 10.4. The van der Waals surface area contributed by atoms with E-state index < -0.39 is 0 Å². The predicted molar refractivity (Wildman–Crippen MR) is 65.8 cm³/mol. The van der Waals surface area contributed by atoms with Crippen molar-refractivity contribution >= 4 is 5.82 Å². The smallest absolute Gasteiger partial charge is 0.144 e. The molecule has 0 saturated carbocycles. The molecule has 0 aliphatic heterocycles. The number of aromatic nitrogens is 2. The second kappa shape index (κ2) is 7.94. The number of aliphatic hydroxyl groups is 1. The summed E-state index contributed by atoms with van der Waals surface area (Å²) in [5, 5.41) is 11.5. The van der Waals surface area contributed by atoms with Gasteiger partial charge < -0.3 is 15.2 Å². The van der Waals surface area contributed by atoms with Crippen molar-refractivity contribution < 1.29 is 9.84 Å². The molecule has 0 amide bonds. The normalized spacial score (nSPS) is 10.8. The van der Waals surface area contributed by atoms with Gasteiger partial charge in [-0.05, 0) is 7.05 Å². The molecule has 0 unspecified atom stereocenters. The van der Waals surface area contributed by atoms with Crippen LogP contribution < -0.4 is 5.32 Å². The van der Waals surface area contributed by atoms with Gasteiger partial charge in [0.2, 0.25) is 0 Å². The topological polar surface area (TPSA) is 70.5 Å². The van der Waals surface area contributed by atoms with Crippen LogP contribution in [0.4, 0.5) is 5.82 Å². The van der Waals surface area contributed by atoms with E-state index in [1.807, 2.05) is 14.1 Å². The van der Waals surface area contributed by atoms with Gasteiger partial charge in [-0.2, -0.15) is 0 Å². The van der Waals surface area contributed by atoms with Gasteiger partial charge in [-0.1, -0.05) is 0 Å². The van der Waals surface area contributed by atoms with E-state index in [1.165, 1.54) is 0 Å². The van der Waals surface area contributed by atoms with E-state index in [0.29, 0.717) is 13.2 Å². The number of anilines is 1. The lowest BCUT2D eigenvalue weighted by Gasteiger charge is -2.15. The lowest BCUT2D eigenvalue weighted by Crippen LogP contribution is -2.23. The van der Waals surface area contributed by atoms with Gasteiger partial charge in [0.15, 0.2) is 0 Å². The third kappa shape index (κ3) is 5.58. The molecule has 1 heterocycles. The number of hydrogen-bond donors (Lipinski definition) is 2. The fraction of sp³-hybridized carbons (Fsp3) is 0.636. The van der Waals surface area contributed by atoms with E-state index in [2.05, 4.69) is 20.2 Å². The van der Waals surface area contributed by atoms with Crippen LogP contribution in [0.15, 0.2) is 12.4 Å². The van der Waals surface area contributed by atoms with Crippen molar-refractivity contribution in [2.75, 3.05) is 45.8 Å². The molecule has 1 aromatic rings. The van der Waals surface area contributed by atoms with Crippen LogP contribution >= 0.6 is 0 Å². The molecule has 0 fully saturated rings. The SMILES string of the molecule is CNc1cnc(CN(C)CCOCCO)cn1. The highest BCUT2D eigenvalue weighted by Crippen LogP contribution is 2.02. The van der Waals surface area contributed by atoms with Gasteiger partial charge in [0.25, 0.3) is 0 Å². The molecule has 0 atom stereocenters. The minimum atomic E-state index is 0.0701. The van der Waals surface area contributed by atoms with E-state index in [0.717, 1.165) is 24.6 Å². The maximum Gasteiger partial charge on any atom is 0.144 e. The van der Waals surface area contributed by atoms with Crippen LogP contribution in [0.1, 0.15) is 5.69 Å². The molecule has 0 aliphatic carbocycles. The first-order valence-corrected chi connectivity index (χ1v) is 5.62. The second-order valence-corrected chi connectivity index (χ2v) is 3.72. The van der Waals surface area contributed by atoms with Gasteiger partial charge in [0, 0.05) is 20.1 Å². The standard InChI is InChI=1S/C11H20N4O2/c1-12-11-8-13-10(7-14-11)9-15(2)3-5-17-6-4-16/h7-8,16H,3-6,9H2,1-2H3,(H,12,14). The fourth-order valence-electron chi connectivity index (χ4n) is 1.31. The summed E-state index contributed by atoms with van der Waals surface area (Å²) >= 11 is 0. The number of hydrogen-bond acceptors (Lipinski definition) is 6. The zero-order chi connectivity index (χ0) is 12.5. The first kappa shape index (κ1) is 13.8. The Morgan fingerprint density at radius 1 is 1.35 bits per heavy atom. The molecule has 1 rings (SSSR count). The van der Waals surface area contributed by atoms with E-state index in [4.69, 9.17) is 9.84 Å². The van der Waals surface area contributed by atoms with Crippen molar-refractivity contribution in [3.05, 3.63) is 18.1 Å². The Labute approximate surface area is 102 Å². The molecule has 1 aromatic heterocycles. The van der Waals surface area contributed by atoms with Crippen molar-refractivity contribution in [1.29, 1.82) is 0 Å². The van der Waals surface area contributed by atoms with Crippen molar-refractivity contribution in [3.63, 3.8) is 0 Å². The molecule has 6 heteroatoms. The summed E-state index contributed by atoms with van der Waals surface area (Å²) < 4.78 is 5.19. The van der Waals surface area contributed by atoms with Crippen molar-refractivity contribution in [3.8, 4) is 0 Å². The minimum absolute atomic E-state index is 0.0701. The number of rotatable bonds is 8. The lowest BCUT2D eigenvalue weighted by atomic mass is 10.4. The van der Waals surface area contributed by atoms with Gasteiger partial charge in [0.1, 0.15) is 5.82 Å². The summed E-state index contributed by atoms with van der Waals surface area (Å²) in [6.45, 7) is 2.61. The second-order valence-electron chi connectivity index (χ2n) is 3.72. The van der Waals surface area contributed by atoms with Gasteiger partial charge >= 0.3 is 0 Å². The number of ether oxygens (including phenoxy) is 1. The van der Waals surface area contributed by atoms with Crippen molar-refractivity contribution in [2.45, 2.75) is 6.54 Å². The molecule has 96 valence electrons. The zero-order valence-corrected chi connectivity index (χ0v) is 10.4. The van der Waals surface area contributed by atoms with Crippen LogP contribution in [-0.2, 0) is 11.3 Å². The molecule has 0 saturated heterocycles. The third-order valence-electron chi connectivity index (χ3n) is 2.25. The Hall–Kier alpha value is -1.24. The molecule has 0 bridgehead atoms. The molecule has 0 spiro atoms. The van der Waals surface area contributed by atoms with Crippen LogP contribution in [0.5, 0.6) is 0 Å². The third-order valence-corrected chi connectivity index (χ3v) is 2.25. The largest absolute Gasteiger partial charge is 0.394 e. The number of aliphatic hydroxyl groups excluding tert-OH is 1. The molecule has 0 radical (unpaired) electrons. The Morgan fingerprint density at radius 2 is 2.18 bits per heavy atom. The van der Waals surface area contributed by atoms with E-state index in [9.17, 15) is 0 Å². The van der Waals surface area contributed by atoms with Crippen LogP contribution in [0, 0.1) is 0 Å². The maximum atomic E-state index is 8.55. The highest BCUT2D eigenvalue weighted by atomic mass is 16.5. The summed E-state index contributed by atoms with van der Waals surface area (Å²) in [5.74, 6) is 0.766. The van der Waals surface area contributed by atoms with Crippen molar-refractivity contribution in [2.24, 2.45) is 0 Å². The van der Waals surface area contributed by atoms with E-state index in [1.54, 1.807) is 12.4 Å². The first-order chi connectivity index (χ1) is 8.26. The molecule has 0 aromatic carbocycles. The summed E-state index contributed by atoms with van der Waals surface area (Å²) in [4.78, 5) is 10.6. The number of nitrogens with one attached hydrogen (secondary N) is 1. The van der Waals surface area contributed by atoms with Crippen LogP contribution in [-0.4, -0.2) is 60.4 Å². The Balaban J connectivity index is 2.26. The first-order valence-electron chi connectivity index (χ1n) is 5.62. The Bertz CT molecular complexity index is 305. The van der Waals surface area contributed by atoms with Gasteiger partial charge in [-0.25, -0.2) is 4.98 Å². The van der Waals surface area contributed by atoms with Crippen molar-refractivity contribution in [1.82, 2.24) is 14.9 Å².